The molecule has 0 spiro atoms. The topological polar surface area (TPSA) is 56.1 Å². The predicted octanol–water partition coefficient (Wildman–Crippen LogP) is 4.52. The first-order valence-corrected chi connectivity index (χ1v) is 7.93. The van der Waals surface area contributed by atoms with E-state index in [1.807, 2.05) is 0 Å². The summed E-state index contributed by atoms with van der Waals surface area (Å²) in [6.45, 7) is -0.471. The van der Waals surface area contributed by atoms with E-state index in [4.69, 9.17) is 0 Å². The summed E-state index contributed by atoms with van der Waals surface area (Å²) in [5.41, 5.74) is -0.209. The van der Waals surface area contributed by atoms with Gasteiger partial charge in [0, 0.05) is 5.69 Å². The monoisotopic (exact) mass is 441 g/mol. The first kappa shape index (κ1) is 20.1. The summed E-state index contributed by atoms with van der Waals surface area (Å²) >= 11 is 2.82. The normalized spacial score (nSPS) is 11.7. The maximum absolute atomic E-state index is 12.8. The number of alkyl halides is 5. The zero-order valence-electron chi connectivity index (χ0n) is 13.5. The van der Waals surface area contributed by atoms with E-state index >= 15 is 0 Å². The average molecular weight is 442 g/mol. The number of halogens is 6. The van der Waals surface area contributed by atoms with Gasteiger partial charge in [0.05, 0.1) is 10.2 Å². The molecular formula is C15H13BrF5N3O2. The number of nitrogens with zero attached hydrogens (tertiary/aromatic N) is 2. The van der Waals surface area contributed by atoms with Gasteiger partial charge in [0.15, 0.2) is 5.69 Å². The number of amides is 1. The Morgan fingerprint density at radius 1 is 1.35 bits per heavy atom. The molecule has 0 saturated carbocycles. The van der Waals surface area contributed by atoms with Crippen molar-refractivity contribution in [3.05, 3.63) is 39.6 Å². The molecule has 0 unspecified atom stereocenters. The van der Waals surface area contributed by atoms with E-state index in [0.29, 0.717) is 11.3 Å². The number of carbonyl (C=O) groups excluding carboxylic acids is 1. The number of aryl methyl sites for hydroxylation is 1. The molecule has 142 valence electrons. The van der Waals surface area contributed by atoms with Crippen molar-refractivity contribution < 1.29 is 31.5 Å². The van der Waals surface area contributed by atoms with Crippen LogP contribution in [0.2, 0.25) is 0 Å². The Morgan fingerprint density at radius 3 is 2.50 bits per heavy atom. The van der Waals surface area contributed by atoms with Crippen LogP contribution in [-0.2, 0) is 17.5 Å². The lowest BCUT2D eigenvalue weighted by Crippen LogP contribution is -2.21. The van der Waals surface area contributed by atoms with Crippen LogP contribution in [0.1, 0.15) is 17.0 Å². The molecule has 1 heterocycles. The molecule has 2 rings (SSSR count). The van der Waals surface area contributed by atoms with Crippen molar-refractivity contribution in [2.45, 2.75) is 33.2 Å². The van der Waals surface area contributed by atoms with Gasteiger partial charge < -0.3 is 10.1 Å². The molecule has 0 atom stereocenters. The maximum atomic E-state index is 12.8. The van der Waals surface area contributed by atoms with Crippen molar-refractivity contribution in [2.24, 2.45) is 0 Å². The minimum absolute atomic E-state index is 0.0721. The fourth-order valence-corrected chi connectivity index (χ4v) is 2.65. The highest BCUT2D eigenvalue weighted by molar-refractivity contribution is 9.10. The fourth-order valence-electron chi connectivity index (χ4n) is 2.14. The second-order valence-electron chi connectivity index (χ2n) is 5.31. The second kappa shape index (κ2) is 7.60. The number of anilines is 1. The fraction of sp³-hybridized carbons (Fsp3) is 0.333. The predicted molar refractivity (Wildman–Crippen MR) is 86.1 cm³/mol. The molecule has 0 aliphatic heterocycles. The summed E-state index contributed by atoms with van der Waals surface area (Å²) in [7, 11) is 0. The molecule has 0 fully saturated rings. The molecule has 2 aromatic rings. The first-order valence-electron chi connectivity index (χ1n) is 7.14. The third-order valence-electron chi connectivity index (χ3n) is 3.39. The van der Waals surface area contributed by atoms with E-state index in [0.717, 1.165) is 4.68 Å². The van der Waals surface area contributed by atoms with Crippen molar-refractivity contribution in [3.8, 4) is 5.75 Å². The summed E-state index contributed by atoms with van der Waals surface area (Å²) in [6.07, 6.45) is -4.65. The van der Waals surface area contributed by atoms with Crippen LogP contribution in [0.4, 0.5) is 27.6 Å². The van der Waals surface area contributed by atoms with Gasteiger partial charge >= 0.3 is 12.8 Å². The number of hydrogen-bond donors (Lipinski definition) is 1. The van der Waals surface area contributed by atoms with Crippen molar-refractivity contribution in [3.63, 3.8) is 0 Å². The van der Waals surface area contributed by atoms with Crippen LogP contribution in [0.3, 0.4) is 0 Å². The number of rotatable bonds is 5. The highest BCUT2D eigenvalue weighted by Crippen LogP contribution is 2.35. The van der Waals surface area contributed by atoms with Crippen LogP contribution < -0.4 is 10.1 Å². The number of ether oxygens (including phenoxy) is 1. The molecule has 0 aliphatic carbocycles. The van der Waals surface area contributed by atoms with E-state index in [1.54, 1.807) is 6.92 Å². The minimum Gasteiger partial charge on any atom is -0.435 e. The molecule has 0 aliphatic rings. The van der Waals surface area contributed by atoms with Crippen LogP contribution in [-0.4, -0.2) is 22.3 Å². The number of hydrogen-bond acceptors (Lipinski definition) is 3. The Labute approximate surface area is 153 Å². The average Bonchev–Trinajstić information content (AvgIpc) is 2.78. The highest BCUT2D eigenvalue weighted by atomic mass is 79.9. The Kier molecular flexibility index (Phi) is 5.89. The van der Waals surface area contributed by atoms with Gasteiger partial charge in [0.2, 0.25) is 5.91 Å². The molecular weight excluding hydrogens is 429 g/mol. The molecule has 0 saturated heterocycles. The lowest BCUT2D eigenvalue weighted by atomic mass is 10.2. The lowest BCUT2D eigenvalue weighted by Gasteiger charge is -2.11. The molecule has 1 aromatic heterocycles. The first-order chi connectivity index (χ1) is 12.0. The van der Waals surface area contributed by atoms with Gasteiger partial charge in [-0.05, 0) is 53.5 Å². The molecule has 26 heavy (non-hydrogen) atoms. The Hall–Kier alpha value is -2.17. The van der Waals surface area contributed by atoms with Gasteiger partial charge in [-0.15, -0.1) is 0 Å². The Bertz CT molecular complexity index is 820. The largest absolute Gasteiger partial charge is 0.436 e. The van der Waals surface area contributed by atoms with Gasteiger partial charge in [-0.3, -0.25) is 9.48 Å². The number of aromatic nitrogens is 2. The summed E-state index contributed by atoms with van der Waals surface area (Å²) < 4.78 is 67.8. The van der Waals surface area contributed by atoms with Gasteiger partial charge in [0.25, 0.3) is 0 Å². The van der Waals surface area contributed by atoms with Crippen LogP contribution in [0.5, 0.6) is 5.75 Å². The molecule has 1 N–H and O–H groups in total. The van der Waals surface area contributed by atoms with Gasteiger partial charge in [-0.25, -0.2) is 0 Å². The summed E-state index contributed by atoms with van der Waals surface area (Å²) in [4.78, 5) is 12.1. The van der Waals surface area contributed by atoms with Crippen molar-refractivity contribution in [1.82, 2.24) is 9.78 Å². The quantitative estimate of drug-likeness (QED) is 0.693. The van der Waals surface area contributed by atoms with E-state index in [1.165, 1.54) is 25.1 Å². The Balaban J connectivity index is 2.12. The van der Waals surface area contributed by atoms with E-state index < -0.39 is 30.9 Å². The zero-order valence-corrected chi connectivity index (χ0v) is 15.1. The molecule has 0 radical (unpaired) electrons. The highest BCUT2D eigenvalue weighted by Gasteiger charge is 2.38. The molecule has 11 heteroatoms. The van der Waals surface area contributed by atoms with Crippen LogP contribution >= 0.6 is 15.9 Å². The van der Waals surface area contributed by atoms with Gasteiger partial charge in [-0.2, -0.15) is 27.1 Å². The second-order valence-corrected chi connectivity index (χ2v) is 6.10. The third-order valence-corrected chi connectivity index (χ3v) is 4.34. The smallest absolute Gasteiger partial charge is 0.435 e. The number of benzene rings is 1. The lowest BCUT2D eigenvalue weighted by molar-refractivity contribution is -0.142. The van der Waals surface area contributed by atoms with E-state index in [9.17, 15) is 26.7 Å². The van der Waals surface area contributed by atoms with Crippen LogP contribution in [0.25, 0.3) is 0 Å². The van der Waals surface area contributed by atoms with Crippen LogP contribution in [0, 0.1) is 13.8 Å². The Morgan fingerprint density at radius 2 is 2.00 bits per heavy atom. The van der Waals surface area contributed by atoms with Crippen LogP contribution in [0.15, 0.2) is 22.7 Å². The maximum Gasteiger partial charge on any atom is 0.436 e. The third kappa shape index (κ3) is 4.71. The molecule has 1 amide bonds. The van der Waals surface area contributed by atoms with Gasteiger partial charge in [0.1, 0.15) is 12.3 Å². The summed E-state index contributed by atoms with van der Waals surface area (Å²) in [6, 6.07) is 3.91. The zero-order chi connectivity index (χ0) is 19.6. The van der Waals surface area contributed by atoms with E-state index in [2.05, 4.69) is 31.1 Å². The summed E-state index contributed by atoms with van der Waals surface area (Å²) in [5.74, 6) is -0.695. The summed E-state index contributed by atoms with van der Waals surface area (Å²) in [5, 5.41) is 5.91. The molecule has 0 bridgehead atoms. The number of carbonyl (C=O) groups is 1. The minimum atomic E-state index is -4.65. The molecule has 1 aromatic carbocycles. The standard InChI is InChI=1S/C15H13BrF5N3O2/c1-7-5-9(26-14(17)18)3-4-10(7)22-11(25)6-24-8(2)12(16)13(23-24)15(19,20)21/h3-5,14H,6H2,1-2H3,(H,22,25). The molecule has 5 nitrogen and oxygen atoms in total. The van der Waals surface area contributed by atoms with Crippen molar-refractivity contribution in [1.29, 1.82) is 0 Å². The van der Waals surface area contributed by atoms with E-state index in [-0.39, 0.29) is 15.9 Å². The number of nitrogens with one attached hydrogen (secondary N) is 1. The van der Waals surface area contributed by atoms with Crippen molar-refractivity contribution >= 4 is 27.5 Å². The SMILES string of the molecule is Cc1cc(OC(F)F)ccc1NC(=O)Cn1nc(C(F)(F)F)c(Br)c1C. The van der Waals surface area contributed by atoms with Crippen molar-refractivity contribution in [2.75, 3.05) is 5.32 Å². The van der Waals surface area contributed by atoms with Gasteiger partial charge in [-0.1, -0.05) is 0 Å².